The number of allylic oxidation sites excluding steroid dienone is 4. The standard InChI is InChI=1S/C25H16.C6H7N/c1-3-7-18-16(5-1)9-10-22-20(18)11-14-24-23(22)13-12-21-19-8-4-2-6-17(19)15-25(21)24;1-2-4-6-7-5-3-1/h1-14H,15H2;1-7H. The molecule has 0 saturated carbocycles. The smallest absolute Gasteiger partial charge is 0.000442 e. The Bertz CT molecular complexity index is 1550. The molecule has 0 saturated heterocycles. The molecule has 1 heteroatoms. The third-order valence-corrected chi connectivity index (χ3v) is 6.43. The second-order valence-electron chi connectivity index (χ2n) is 8.24. The largest absolute Gasteiger partial charge is 0.368 e. The molecule has 1 heterocycles. The van der Waals surface area contributed by atoms with Crippen LogP contribution in [0.25, 0.3) is 43.4 Å². The number of hydrogen-bond acceptors (Lipinski definition) is 1. The van der Waals surface area contributed by atoms with E-state index in [2.05, 4.69) is 90.2 Å². The van der Waals surface area contributed by atoms with E-state index in [0.717, 1.165) is 6.42 Å². The van der Waals surface area contributed by atoms with Crippen molar-refractivity contribution >= 4 is 32.3 Å². The van der Waals surface area contributed by atoms with Gasteiger partial charge in [0.2, 0.25) is 0 Å². The Morgan fingerprint density at radius 1 is 0.469 bits per heavy atom. The van der Waals surface area contributed by atoms with Crippen LogP contribution in [-0.2, 0) is 6.42 Å². The van der Waals surface area contributed by atoms with Crippen LogP contribution >= 0.6 is 0 Å². The van der Waals surface area contributed by atoms with Gasteiger partial charge in [0.15, 0.2) is 0 Å². The predicted molar refractivity (Wildman–Crippen MR) is 138 cm³/mol. The van der Waals surface area contributed by atoms with Crippen molar-refractivity contribution in [1.29, 1.82) is 0 Å². The van der Waals surface area contributed by atoms with Crippen molar-refractivity contribution in [1.82, 2.24) is 5.32 Å². The normalized spacial score (nSPS) is 13.4. The Balaban J connectivity index is 0.000000241. The Hall–Kier alpha value is -4.10. The first-order chi connectivity index (χ1) is 15.9. The van der Waals surface area contributed by atoms with Crippen LogP contribution in [0.5, 0.6) is 0 Å². The van der Waals surface area contributed by atoms with E-state index in [-0.39, 0.29) is 0 Å². The summed E-state index contributed by atoms with van der Waals surface area (Å²) in [5.41, 5.74) is 5.73. The molecule has 1 nitrogen and oxygen atoms in total. The molecular formula is C31H23N. The Morgan fingerprint density at radius 2 is 1.12 bits per heavy atom. The molecule has 1 aliphatic carbocycles. The first-order valence-corrected chi connectivity index (χ1v) is 11.1. The Morgan fingerprint density at radius 3 is 2.03 bits per heavy atom. The summed E-state index contributed by atoms with van der Waals surface area (Å²) in [7, 11) is 0. The highest BCUT2D eigenvalue weighted by Gasteiger charge is 2.20. The molecule has 0 spiro atoms. The van der Waals surface area contributed by atoms with Gasteiger partial charge >= 0.3 is 0 Å². The fourth-order valence-electron chi connectivity index (χ4n) is 4.94. The zero-order valence-electron chi connectivity index (χ0n) is 17.8. The molecule has 0 atom stereocenters. The van der Waals surface area contributed by atoms with Crippen LogP contribution in [0, 0.1) is 0 Å². The van der Waals surface area contributed by atoms with Gasteiger partial charge in [0.05, 0.1) is 0 Å². The third-order valence-electron chi connectivity index (χ3n) is 6.43. The molecule has 152 valence electrons. The molecule has 0 fully saturated rings. The Labute approximate surface area is 188 Å². The monoisotopic (exact) mass is 409 g/mol. The minimum Gasteiger partial charge on any atom is -0.368 e. The van der Waals surface area contributed by atoms with E-state index in [0.29, 0.717) is 0 Å². The molecule has 0 radical (unpaired) electrons. The molecule has 1 aliphatic heterocycles. The van der Waals surface area contributed by atoms with Crippen LogP contribution < -0.4 is 5.32 Å². The average molecular weight is 410 g/mol. The molecule has 32 heavy (non-hydrogen) atoms. The van der Waals surface area contributed by atoms with E-state index in [1.165, 1.54) is 54.6 Å². The van der Waals surface area contributed by atoms with Gasteiger partial charge in [-0.15, -0.1) is 0 Å². The van der Waals surface area contributed by atoms with Crippen molar-refractivity contribution in [2.45, 2.75) is 6.42 Å². The summed E-state index contributed by atoms with van der Waals surface area (Å²) in [5, 5.41) is 11.0. The molecule has 1 N–H and O–H groups in total. The number of nitrogens with one attached hydrogen (secondary N) is 1. The van der Waals surface area contributed by atoms with Gasteiger partial charge in [0, 0.05) is 12.4 Å². The molecule has 0 amide bonds. The molecule has 5 aromatic rings. The van der Waals surface area contributed by atoms with Gasteiger partial charge in [-0.05, 0) is 73.1 Å². The molecular weight excluding hydrogens is 386 g/mol. The van der Waals surface area contributed by atoms with Gasteiger partial charge < -0.3 is 5.32 Å². The number of fused-ring (bicyclic) bond motifs is 9. The van der Waals surface area contributed by atoms with Crippen LogP contribution in [0.1, 0.15) is 11.1 Å². The SMILES string of the molecule is C1=CC=CNC=C1.c1ccc2c(c1)Cc1c-2ccc2c1ccc1c3ccccc3ccc21. The van der Waals surface area contributed by atoms with Crippen molar-refractivity contribution in [2.75, 3.05) is 0 Å². The van der Waals surface area contributed by atoms with Gasteiger partial charge in [0.25, 0.3) is 0 Å². The van der Waals surface area contributed by atoms with E-state index in [9.17, 15) is 0 Å². The maximum Gasteiger partial charge on any atom is 0.000442 e. The summed E-state index contributed by atoms with van der Waals surface area (Å²) < 4.78 is 0. The summed E-state index contributed by atoms with van der Waals surface area (Å²) >= 11 is 0. The average Bonchev–Trinajstić information content (AvgIpc) is 3.00. The first kappa shape index (κ1) is 18.7. The number of benzene rings is 5. The van der Waals surface area contributed by atoms with E-state index in [1.807, 2.05) is 36.7 Å². The minimum atomic E-state index is 1.04. The van der Waals surface area contributed by atoms with E-state index in [1.54, 1.807) is 0 Å². The third kappa shape index (κ3) is 3.11. The molecule has 0 unspecified atom stereocenters. The Kier molecular flexibility index (Phi) is 4.58. The van der Waals surface area contributed by atoms with Crippen molar-refractivity contribution < 1.29 is 0 Å². The number of rotatable bonds is 0. The predicted octanol–water partition coefficient (Wildman–Crippen LogP) is 7.89. The zero-order valence-corrected chi connectivity index (χ0v) is 17.8. The molecule has 5 aromatic carbocycles. The van der Waals surface area contributed by atoms with Crippen molar-refractivity contribution in [3.05, 3.63) is 133 Å². The molecule has 7 rings (SSSR count). The van der Waals surface area contributed by atoms with Gasteiger partial charge in [-0.3, -0.25) is 0 Å². The quantitative estimate of drug-likeness (QED) is 0.252. The van der Waals surface area contributed by atoms with E-state index >= 15 is 0 Å². The summed E-state index contributed by atoms with van der Waals surface area (Å²) in [6.45, 7) is 0. The molecule has 0 bridgehead atoms. The second kappa shape index (κ2) is 7.86. The van der Waals surface area contributed by atoms with E-state index < -0.39 is 0 Å². The lowest BCUT2D eigenvalue weighted by atomic mass is 9.93. The van der Waals surface area contributed by atoms with Crippen LogP contribution in [-0.4, -0.2) is 0 Å². The molecule has 2 aliphatic rings. The highest BCUT2D eigenvalue weighted by atomic mass is 14.8. The van der Waals surface area contributed by atoms with Crippen molar-refractivity contribution in [3.63, 3.8) is 0 Å². The maximum atomic E-state index is 2.92. The fraction of sp³-hybridized carbons (Fsp3) is 0.0323. The van der Waals surface area contributed by atoms with Gasteiger partial charge in [-0.2, -0.15) is 0 Å². The van der Waals surface area contributed by atoms with Crippen LogP contribution in [0.4, 0.5) is 0 Å². The lowest BCUT2D eigenvalue weighted by Gasteiger charge is -2.11. The summed E-state index contributed by atoms with van der Waals surface area (Å²) in [6, 6.07) is 31.3. The second-order valence-corrected chi connectivity index (χ2v) is 8.24. The highest BCUT2D eigenvalue weighted by molar-refractivity contribution is 6.18. The topological polar surface area (TPSA) is 12.0 Å². The fourth-order valence-corrected chi connectivity index (χ4v) is 4.94. The maximum absolute atomic E-state index is 2.92. The minimum absolute atomic E-state index is 1.04. The van der Waals surface area contributed by atoms with Gasteiger partial charge in [-0.25, -0.2) is 0 Å². The zero-order chi connectivity index (χ0) is 21.3. The number of hydrogen-bond donors (Lipinski definition) is 1. The van der Waals surface area contributed by atoms with Gasteiger partial charge in [0.1, 0.15) is 0 Å². The van der Waals surface area contributed by atoms with Gasteiger partial charge in [-0.1, -0.05) is 97.1 Å². The van der Waals surface area contributed by atoms with E-state index in [4.69, 9.17) is 0 Å². The summed E-state index contributed by atoms with van der Waals surface area (Å²) in [6.07, 6.45) is 12.6. The summed E-state index contributed by atoms with van der Waals surface area (Å²) in [5.74, 6) is 0. The lowest BCUT2D eigenvalue weighted by molar-refractivity contribution is 1.20. The highest BCUT2D eigenvalue weighted by Crippen LogP contribution is 2.42. The van der Waals surface area contributed by atoms with Crippen molar-refractivity contribution in [2.24, 2.45) is 0 Å². The first-order valence-electron chi connectivity index (χ1n) is 11.1. The summed E-state index contributed by atoms with van der Waals surface area (Å²) in [4.78, 5) is 0. The van der Waals surface area contributed by atoms with Crippen molar-refractivity contribution in [3.8, 4) is 11.1 Å². The van der Waals surface area contributed by atoms with Crippen LogP contribution in [0.3, 0.4) is 0 Å². The molecule has 0 aromatic heterocycles. The lowest BCUT2D eigenvalue weighted by Crippen LogP contribution is -1.87. The van der Waals surface area contributed by atoms with Crippen LogP contribution in [0.2, 0.25) is 0 Å². The van der Waals surface area contributed by atoms with Crippen LogP contribution in [0.15, 0.2) is 122 Å².